The van der Waals surface area contributed by atoms with Gasteiger partial charge in [-0.3, -0.25) is 9.80 Å². The number of rotatable bonds is 5. The average molecular weight is 361 g/mol. The first-order valence-corrected chi connectivity index (χ1v) is 9.97. The molecule has 2 aromatic rings. The highest BCUT2D eigenvalue weighted by molar-refractivity contribution is 7.15. The quantitative estimate of drug-likeness (QED) is 0.817. The molecule has 0 aliphatic carbocycles. The van der Waals surface area contributed by atoms with Crippen LogP contribution in [0, 0.1) is 5.82 Å². The number of hydrogen-bond acceptors (Lipinski definition) is 5. The maximum atomic E-state index is 13.3. The highest BCUT2D eigenvalue weighted by atomic mass is 32.1. The van der Waals surface area contributed by atoms with Crippen LogP contribution in [-0.2, 0) is 13.1 Å². The number of thiazole rings is 1. The van der Waals surface area contributed by atoms with Crippen molar-refractivity contribution in [2.45, 2.75) is 25.9 Å². The standard InChI is InChI=1S/C19H25FN4S/c20-17-5-3-4-16(12-17)14-22-8-10-23(11-9-22)15-18-13-21-19(25-18)24-6-1-2-7-24/h3-5,12-13H,1-2,6-11,14-15H2. The van der Waals surface area contributed by atoms with E-state index in [1.165, 1.54) is 28.9 Å². The van der Waals surface area contributed by atoms with E-state index in [2.05, 4.69) is 25.9 Å². The first-order chi connectivity index (χ1) is 12.3. The second-order valence-corrected chi connectivity index (χ2v) is 8.08. The van der Waals surface area contributed by atoms with Crippen LogP contribution in [0.1, 0.15) is 23.3 Å². The van der Waals surface area contributed by atoms with Gasteiger partial charge in [-0.05, 0) is 30.5 Å². The second-order valence-electron chi connectivity index (χ2n) is 6.99. The molecular weight excluding hydrogens is 335 g/mol. The van der Waals surface area contributed by atoms with E-state index in [4.69, 9.17) is 0 Å². The van der Waals surface area contributed by atoms with E-state index >= 15 is 0 Å². The molecule has 2 fully saturated rings. The van der Waals surface area contributed by atoms with Crippen LogP contribution in [0.2, 0.25) is 0 Å². The van der Waals surface area contributed by atoms with Crippen molar-refractivity contribution in [2.24, 2.45) is 0 Å². The minimum absolute atomic E-state index is 0.143. The monoisotopic (exact) mass is 360 g/mol. The number of piperazine rings is 1. The molecule has 134 valence electrons. The summed E-state index contributed by atoms with van der Waals surface area (Å²) in [6, 6.07) is 6.95. The zero-order valence-corrected chi connectivity index (χ0v) is 15.3. The van der Waals surface area contributed by atoms with Gasteiger partial charge in [-0.2, -0.15) is 0 Å². The van der Waals surface area contributed by atoms with Crippen LogP contribution in [0.15, 0.2) is 30.5 Å². The van der Waals surface area contributed by atoms with Gasteiger partial charge in [-0.15, -0.1) is 11.3 Å². The molecule has 2 aliphatic rings. The van der Waals surface area contributed by atoms with Crippen molar-refractivity contribution in [3.8, 4) is 0 Å². The molecule has 0 bridgehead atoms. The fourth-order valence-electron chi connectivity index (χ4n) is 3.64. The molecule has 2 saturated heterocycles. The van der Waals surface area contributed by atoms with Gasteiger partial charge in [0.15, 0.2) is 5.13 Å². The Morgan fingerprint density at radius 2 is 1.68 bits per heavy atom. The van der Waals surface area contributed by atoms with Crippen LogP contribution in [0.25, 0.3) is 0 Å². The summed E-state index contributed by atoms with van der Waals surface area (Å²) >= 11 is 1.85. The Morgan fingerprint density at radius 3 is 2.40 bits per heavy atom. The molecule has 1 aromatic carbocycles. The Kier molecular flexibility index (Phi) is 5.29. The van der Waals surface area contributed by atoms with Crippen molar-refractivity contribution >= 4 is 16.5 Å². The Labute approximate surface area is 152 Å². The number of anilines is 1. The lowest BCUT2D eigenvalue weighted by atomic mass is 10.2. The van der Waals surface area contributed by atoms with Gasteiger partial charge in [0.2, 0.25) is 0 Å². The first kappa shape index (κ1) is 16.9. The van der Waals surface area contributed by atoms with Crippen molar-refractivity contribution < 1.29 is 4.39 Å². The molecule has 4 rings (SSSR count). The van der Waals surface area contributed by atoms with Crippen LogP contribution in [0.5, 0.6) is 0 Å². The van der Waals surface area contributed by atoms with E-state index in [9.17, 15) is 4.39 Å². The van der Waals surface area contributed by atoms with E-state index in [1.807, 2.05) is 17.4 Å². The third-order valence-electron chi connectivity index (χ3n) is 5.06. The molecule has 0 spiro atoms. The van der Waals surface area contributed by atoms with Crippen LogP contribution in [-0.4, -0.2) is 54.1 Å². The first-order valence-electron chi connectivity index (χ1n) is 9.15. The highest BCUT2D eigenvalue weighted by Crippen LogP contribution is 2.26. The van der Waals surface area contributed by atoms with Crippen LogP contribution < -0.4 is 4.90 Å². The fourth-order valence-corrected chi connectivity index (χ4v) is 4.65. The molecule has 2 aliphatic heterocycles. The molecule has 0 amide bonds. The van der Waals surface area contributed by atoms with E-state index in [1.54, 1.807) is 12.1 Å². The van der Waals surface area contributed by atoms with Crippen LogP contribution >= 0.6 is 11.3 Å². The third kappa shape index (κ3) is 4.37. The van der Waals surface area contributed by atoms with Gasteiger partial charge in [0.05, 0.1) is 0 Å². The topological polar surface area (TPSA) is 22.6 Å². The Morgan fingerprint density at radius 1 is 0.960 bits per heavy atom. The molecule has 3 heterocycles. The SMILES string of the molecule is Fc1cccc(CN2CCN(Cc3cnc(N4CCCC4)s3)CC2)c1. The van der Waals surface area contributed by atoms with Gasteiger partial charge in [0.25, 0.3) is 0 Å². The predicted octanol–water partition coefficient (Wildman–Crippen LogP) is 3.20. The summed E-state index contributed by atoms with van der Waals surface area (Å²) in [6.07, 6.45) is 4.64. The number of aromatic nitrogens is 1. The van der Waals surface area contributed by atoms with Gasteiger partial charge >= 0.3 is 0 Å². The number of halogens is 1. The molecule has 0 N–H and O–H groups in total. The molecule has 25 heavy (non-hydrogen) atoms. The summed E-state index contributed by atoms with van der Waals surface area (Å²) in [4.78, 5) is 13.3. The fraction of sp³-hybridized carbons (Fsp3) is 0.526. The molecule has 4 nitrogen and oxygen atoms in total. The number of hydrogen-bond donors (Lipinski definition) is 0. The molecule has 0 unspecified atom stereocenters. The highest BCUT2D eigenvalue weighted by Gasteiger charge is 2.20. The number of nitrogens with zero attached hydrogens (tertiary/aromatic N) is 4. The predicted molar refractivity (Wildman–Crippen MR) is 101 cm³/mol. The van der Waals surface area contributed by atoms with Gasteiger partial charge in [-0.25, -0.2) is 9.37 Å². The number of benzene rings is 1. The van der Waals surface area contributed by atoms with Gasteiger partial charge in [-0.1, -0.05) is 12.1 Å². The maximum absolute atomic E-state index is 13.3. The van der Waals surface area contributed by atoms with Crippen molar-refractivity contribution in [2.75, 3.05) is 44.2 Å². The van der Waals surface area contributed by atoms with Gasteiger partial charge in [0, 0.05) is 63.4 Å². The summed E-state index contributed by atoms with van der Waals surface area (Å²) in [5.74, 6) is -0.143. The van der Waals surface area contributed by atoms with E-state index in [0.717, 1.165) is 57.9 Å². The van der Waals surface area contributed by atoms with Gasteiger partial charge in [0.1, 0.15) is 5.82 Å². The molecule has 0 saturated carbocycles. The minimum Gasteiger partial charge on any atom is -0.348 e. The van der Waals surface area contributed by atoms with E-state index in [0.29, 0.717) is 0 Å². The summed E-state index contributed by atoms with van der Waals surface area (Å²) in [7, 11) is 0. The van der Waals surface area contributed by atoms with Crippen LogP contribution in [0.3, 0.4) is 0 Å². The minimum atomic E-state index is -0.143. The molecular formula is C19H25FN4S. The summed E-state index contributed by atoms with van der Waals surface area (Å²) < 4.78 is 13.3. The molecule has 1 aromatic heterocycles. The van der Waals surface area contributed by atoms with E-state index < -0.39 is 0 Å². The largest absolute Gasteiger partial charge is 0.348 e. The lowest BCUT2D eigenvalue weighted by Gasteiger charge is -2.34. The van der Waals surface area contributed by atoms with Crippen molar-refractivity contribution in [1.82, 2.24) is 14.8 Å². The summed E-state index contributed by atoms with van der Waals surface area (Å²) in [6.45, 7) is 8.35. The molecule has 0 atom stereocenters. The van der Waals surface area contributed by atoms with Gasteiger partial charge < -0.3 is 4.90 Å². The lowest BCUT2D eigenvalue weighted by Crippen LogP contribution is -2.45. The summed E-state index contributed by atoms with van der Waals surface area (Å²) in [5.41, 5.74) is 1.06. The van der Waals surface area contributed by atoms with E-state index in [-0.39, 0.29) is 5.82 Å². The Balaban J connectivity index is 1.26. The third-order valence-corrected chi connectivity index (χ3v) is 6.10. The Hall–Kier alpha value is -1.50. The Bertz CT molecular complexity index is 690. The average Bonchev–Trinajstić information content (AvgIpc) is 3.28. The van der Waals surface area contributed by atoms with Crippen molar-refractivity contribution in [3.63, 3.8) is 0 Å². The normalized spacial score (nSPS) is 19.6. The van der Waals surface area contributed by atoms with Crippen LogP contribution in [0.4, 0.5) is 9.52 Å². The maximum Gasteiger partial charge on any atom is 0.185 e. The zero-order chi connectivity index (χ0) is 17.1. The lowest BCUT2D eigenvalue weighted by molar-refractivity contribution is 0.122. The van der Waals surface area contributed by atoms with Crippen molar-refractivity contribution in [3.05, 3.63) is 46.7 Å². The second kappa shape index (κ2) is 7.81. The smallest absolute Gasteiger partial charge is 0.185 e. The zero-order valence-electron chi connectivity index (χ0n) is 14.5. The summed E-state index contributed by atoms with van der Waals surface area (Å²) in [5, 5.41) is 1.19. The van der Waals surface area contributed by atoms with Crippen molar-refractivity contribution in [1.29, 1.82) is 0 Å². The molecule has 6 heteroatoms. The molecule has 0 radical (unpaired) electrons.